The molecule has 1 rings (SSSR count). The first-order chi connectivity index (χ1) is 9.71. The third-order valence-corrected chi connectivity index (χ3v) is 3.41. The molecule has 5 nitrogen and oxygen atoms in total. The second kappa shape index (κ2) is 7.98. The topological polar surface area (TPSA) is 60.5 Å². The van der Waals surface area contributed by atoms with E-state index in [1.54, 1.807) is 6.20 Å². The largest absolute Gasteiger partial charge is 0.475 e. The van der Waals surface area contributed by atoms with Gasteiger partial charge in [-0.05, 0) is 65.1 Å². The van der Waals surface area contributed by atoms with E-state index in [0.29, 0.717) is 12.5 Å². The van der Waals surface area contributed by atoms with Crippen LogP contribution in [0.1, 0.15) is 34.1 Å². The molecule has 21 heavy (non-hydrogen) atoms. The summed E-state index contributed by atoms with van der Waals surface area (Å²) in [5.41, 5.74) is -0.514. The highest BCUT2D eigenvalue weighted by Gasteiger charge is 2.19. The van der Waals surface area contributed by atoms with Gasteiger partial charge in [0.15, 0.2) is 0 Å². The van der Waals surface area contributed by atoms with Crippen LogP contribution in [-0.2, 0) is 4.74 Å². The maximum Gasteiger partial charge on any atom is 0.407 e. The van der Waals surface area contributed by atoms with Gasteiger partial charge in [-0.3, -0.25) is 0 Å². The fourth-order valence-corrected chi connectivity index (χ4v) is 2.53. The highest BCUT2D eigenvalue weighted by Crippen LogP contribution is 2.25. The van der Waals surface area contributed by atoms with Crippen molar-refractivity contribution in [3.8, 4) is 5.88 Å². The predicted octanol–water partition coefficient (Wildman–Crippen LogP) is 4.29. The summed E-state index contributed by atoms with van der Waals surface area (Å²) in [6.45, 7) is 7.77. The van der Waals surface area contributed by atoms with Crippen LogP contribution >= 0.6 is 31.9 Å². The molecule has 0 saturated heterocycles. The Morgan fingerprint density at radius 3 is 2.62 bits per heavy atom. The fourth-order valence-electron chi connectivity index (χ4n) is 1.42. The monoisotopic (exact) mass is 422 g/mol. The lowest BCUT2D eigenvalue weighted by atomic mass is 10.2. The van der Waals surface area contributed by atoms with Gasteiger partial charge in [-0.1, -0.05) is 6.92 Å². The average molecular weight is 424 g/mol. The van der Waals surface area contributed by atoms with Crippen molar-refractivity contribution < 1.29 is 14.3 Å². The molecular formula is C14H20Br2N2O3. The number of hydrogen-bond acceptors (Lipinski definition) is 4. The number of aromatic nitrogens is 1. The molecule has 0 aromatic carbocycles. The molecule has 118 valence electrons. The zero-order chi connectivity index (χ0) is 16.0. The number of amides is 1. The van der Waals surface area contributed by atoms with Crippen LogP contribution in [0.25, 0.3) is 0 Å². The van der Waals surface area contributed by atoms with Crippen molar-refractivity contribution in [1.29, 1.82) is 0 Å². The first-order valence-electron chi connectivity index (χ1n) is 6.64. The molecule has 1 aromatic heterocycles. The van der Waals surface area contributed by atoms with Crippen LogP contribution in [0.2, 0.25) is 0 Å². The van der Waals surface area contributed by atoms with E-state index in [9.17, 15) is 4.79 Å². The maximum atomic E-state index is 11.7. The molecule has 0 spiro atoms. The number of rotatable bonds is 5. The third kappa shape index (κ3) is 7.13. The van der Waals surface area contributed by atoms with Crippen molar-refractivity contribution in [2.75, 3.05) is 6.61 Å². The minimum Gasteiger partial charge on any atom is -0.475 e. The molecule has 7 heteroatoms. The van der Waals surface area contributed by atoms with Crippen LogP contribution in [0.15, 0.2) is 21.2 Å². The lowest BCUT2D eigenvalue weighted by Crippen LogP contribution is -2.41. The van der Waals surface area contributed by atoms with Gasteiger partial charge < -0.3 is 14.8 Å². The highest BCUT2D eigenvalue weighted by atomic mass is 79.9. The summed E-state index contributed by atoms with van der Waals surface area (Å²) in [5, 5.41) is 2.79. The van der Waals surface area contributed by atoms with Crippen LogP contribution in [0, 0.1) is 0 Å². The van der Waals surface area contributed by atoms with Gasteiger partial charge in [0.1, 0.15) is 12.2 Å². The van der Waals surface area contributed by atoms with Crippen molar-refractivity contribution >= 4 is 38.0 Å². The SMILES string of the molecule is CCC(COc1ncc(Br)cc1Br)NC(=O)OC(C)(C)C. The van der Waals surface area contributed by atoms with Gasteiger partial charge >= 0.3 is 6.09 Å². The van der Waals surface area contributed by atoms with E-state index >= 15 is 0 Å². The van der Waals surface area contributed by atoms with E-state index in [4.69, 9.17) is 9.47 Å². The van der Waals surface area contributed by atoms with Crippen molar-refractivity contribution in [1.82, 2.24) is 10.3 Å². The summed E-state index contributed by atoms with van der Waals surface area (Å²) in [6.07, 6.45) is 1.94. The van der Waals surface area contributed by atoms with E-state index in [-0.39, 0.29) is 6.04 Å². The van der Waals surface area contributed by atoms with Gasteiger partial charge in [0, 0.05) is 10.7 Å². The Balaban J connectivity index is 2.53. The third-order valence-electron chi connectivity index (χ3n) is 2.41. The van der Waals surface area contributed by atoms with E-state index in [1.165, 1.54) is 0 Å². The number of hydrogen-bond donors (Lipinski definition) is 1. The highest BCUT2D eigenvalue weighted by molar-refractivity contribution is 9.11. The molecular weight excluding hydrogens is 404 g/mol. The van der Waals surface area contributed by atoms with Crippen LogP contribution < -0.4 is 10.1 Å². The van der Waals surface area contributed by atoms with Gasteiger partial charge in [0.25, 0.3) is 0 Å². The molecule has 1 N–H and O–H groups in total. The number of ether oxygens (including phenoxy) is 2. The van der Waals surface area contributed by atoms with Crippen LogP contribution in [-0.4, -0.2) is 29.3 Å². The number of pyridine rings is 1. The summed E-state index contributed by atoms with van der Waals surface area (Å²) in [6, 6.07) is 1.71. The summed E-state index contributed by atoms with van der Waals surface area (Å²) in [7, 11) is 0. The molecule has 1 atom stereocenters. The normalized spacial score (nSPS) is 12.7. The van der Waals surface area contributed by atoms with Gasteiger partial charge in [0.2, 0.25) is 5.88 Å². The minimum atomic E-state index is -0.514. The summed E-state index contributed by atoms with van der Waals surface area (Å²) in [4.78, 5) is 15.9. The molecule has 0 bridgehead atoms. The zero-order valence-electron chi connectivity index (χ0n) is 12.6. The van der Waals surface area contributed by atoms with E-state index in [2.05, 4.69) is 42.2 Å². The first-order valence-corrected chi connectivity index (χ1v) is 8.23. The quantitative estimate of drug-likeness (QED) is 0.767. The molecule has 0 fully saturated rings. The molecule has 1 heterocycles. The Labute approximate surface area is 142 Å². The van der Waals surface area contributed by atoms with Crippen molar-refractivity contribution in [2.45, 2.75) is 45.8 Å². The Bertz CT molecular complexity index is 490. The van der Waals surface area contributed by atoms with Crippen LogP contribution in [0.5, 0.6) is 5.88 Å². The van der Waals surface area contributed by atoms with Crippen LogP contribution in [0.3, 0.4) is 0 Å². The Hall–Kier alpha value is -0.820. The molecule has 0 aliphatic carbocycles. The molecule has 0 radical (unpaired) electrons. The fraction of sp³-hybridized carbons (Fsp3) is 0.571. The lowest BCUT2D eigenvalue weighted by Gasteiger charge is -2.23. The molecule has 0 aliphatic rings. The van der Waals surface area contributed by atoms with Crippen molar-refractivity contribution in [3.05, 3.63) is 21.2 Å². The Morgan fingerprint density at radius 2 is 2.10 bits per heavy atom. The average Bonchev–Trinajstić information content (AvgIpc) is 2.33. The van der Waals surface area contributed by atoms with Crippen molar-refractivity contribution in [3.63, 3.8) is 0 Å². The summed E-state index contributed by atoms with van der Waals surface area (Å²) >= 11 is 6.71. The second-order valence-electron chi connectivity index (χ2n) is 5.50. The van der Waals surface area contributed by atoms with E-state index < -0.39 is 11.7 Å². The zero-order valence-corrected chi connectivity index (χ0v) is 15.7. The van der Waals surface area contributed by atoms with Crippen molar-refractivity contribution in [2.24, 2.45) is 0 Å². The molecule has 0 saturated carbocycles. The van der Waals surface area contributed by atoms with Gasteiger partial charge in [-0.15, -0.1) is 0 Å². The van der Waals surface area contributed by atoms with Crippen LogP contribution in [0.4, 0.5) is 4.79 Å². The molecule has 1 aromatic rings. The number of carbonyl (C=O) groups is 1. The minimum absolute atomic E-state index is 0.141. The Morgan fingerprint density at radius 1 is 1.43 bits per heavy atom. The molecule has 1 unspecified atom stereocenters. The number of alkyl carbamates (subject to hydrolysis) is 1. The Kier molecular flexibility index (Phi) is 6.93. The van der Waals surface area contributed by atoms with E-state index in [0.717, 1.165) is 15.4 Å². The standard InChI is InChI=1S/C14H20Br2N2O3/c1-5-10(18-13(19)21-14(2,3)4)8-20-12-11(16)6-9(15)7-17-12/h6-7,10H,5,8H2,1-4H3,(H,18,19). The van der Waals surface area contributed by atoms with Gasteiger partial charge in [0.05, 0.1) is 10.5 Å². The summed E-state index contributed by atoms with van der Waals surface area (Å²) < 4.78 is 12.5. The van der Waals surface area contributed by atoms with Gasteiger partial charge in [-0.2, -0.15) is 0 Å². The molecule has 1 amide bonds. The smallest absolute Gasteiger partial charge is 0.407 e. The summed E-state index contributed by atoms with van der Waals surface area (Å²) in [5.74, 6) is 0.489. The predicted molar refractivity (Wildman–Crippen MR) is 88.6 cm³/mol. The second-order valence-corrected chi connectivity index (χ2v) is 7.27. The molecule has 0 aliphatic heterocycles. The van der Waals surface area contributed by atoms with E-state index in [1.807, 2.05) is 33.8 Å². The lowest BCUT2D eigenvalue weighted by molar-refractivity contribution is 0.0485. The van der Waals surface area contributed by atoms with Gasteiger partial charge in [-0.25, -0.2) is 9.78 Å². The first kappa shape index (κ1) is 18.2. The number of carbonyl (C=O) groups excluding carboxylic acids is 1. The number of nitrogens with zero attached hydrogens (tertiary/aromatic N) is 1. The number of halogens is 2. The number of nitrogens with one attached hydrogen (secondary N) is 1. The maximum absolute atomic E-state index is 11.7.